The van der Waals surface area contributed by atoms with Crippen LogP contribution in [0.2, 0.25) is 0 Å². The van der Waals surface area contributed by atoms with E-state index in [9.17, 15) is 13.2 Å². The summed E-state index contributed by atoms with van der Waals surface area (Å²) in [5.41, 5.74) is 0.309. The summed E-state index contributed by atoms with van der Waals surface area (Å²) in [6, 6.07) is 5.90. The van der Waals surface area contributed by atoms with Crippen molar-refractivity contribution < 1.29 is 17.9 Å². The second-order valence-electron chi connectivity index (χ2n) is 4.23. The van der Waals surface area contributed by atoms with Crippen LogP contribution in [0.5, 0.6) is 0 Å². The van der Waals surface area contributed by atoms with Crippen molar-refractivity contribution in [1.29, 1.82) is 0 Å². The van der Waals surface area contributed by atoms with Crippen LogP contribution in [0.25, 0.3) is 0 Å². The highest BCUT2D eigenvalue weighted by atomic mass is 35.5. The van der Waals surface area contributed by atoms with Crippen LogP contribution in [-0.2, 0) is 14.8 Å². The van der Waals surface area contributed by atoms with Crippen molar-refractivity contribution in [1.82, 2.24) is 15.4 Å². The maximum atomic E-state index is 11.9. The van der Waals surface area contributed by atoms with Crippen molar-refractivity contribution in [2.45, 2.75) is 4.90 Å². The molecule has 9 heteroatoms. The molecular formula is C13H22ClN3O4S. The van der Waals surface area contributed by atoms with Crippen molar-refractivity contribution >= 4 is 28.3 Å². The van der Waals surface area contributed by atoms with Gasteiger partial charge in [0, 0.05) is 32.3 Å². The Hall–Kier alpha value is -1.19. The van der Waals surface area contributed by atoms with E-state index in [1.807, 2.05) is 0 Å². The van der Waals surface area contributed by atoms with Gasteiger partial charge in [0.05, 0.1) is 11.5 Å². The first kappa shape index (κ1) is 20.8. The lowest BCUT2D eigenvalue weighted by Gasteiger charge is -2.08. The third-order valence-electron chi connectivity index (χ3n) is 2.75. The summed E-state index contributed by atoms with van der Waals surface area (Å²) in [5.74, 6) is -0.309. The molecule has 1 aromatic carbocycles. The number of hydrogen-bond acceptors (Lipinski definition) is 5. The number of amides is 1. The van der Waals surface area contributed by atoms with Crippen LogP contribution in [0.4, 0.5) is 0 Å². The molecule has 0 aliphatic heterocycles. The molecule has 0 fully saturated rings. The van der Waals surface area contributed by atoms with E-state index in [4.69, 9.17) is 4.74 Å². The van der Waals surface area contributed by atoms with E-state index in [-0.39, 0.29) is 23.2 Å². The molecule has 0 aliphatic carbocycles. The molecule has 0 atom stereocenters. The molecule has 0 heterocycles. The summed E-state index contributed by atoms with van der Waals surface area (Å²) in [4.78, 5) is 12.0. The monoisotopic (exact) mass is 351 g/mol. The fraction of sp³-hybridized carbons (Fsp3) is 0.462. The van der Waals surface area contributed by atoms with Crippen LogP contribution in [0, 0.1) is 0 Å². The number of nitrogens with one attached hydrogen (secondary N) is 3. The van der Waals surface area contributed by atoms with E-state index in [1.54, 1.807) is 13.2 Å². The summed E-state index contributed by atoms with van der Waals surface area (Å²) in [5, 5.41) is 5.81. The molecule has 7 nitrogen and oxygen atoms in total. The van der Waals surface area contributed by atoms with Gasteiger partial charge in [-0.25, -0.2) is 13.1 Å². The molecule has 0 unspecified atom stereocenters. The minimum Gasteiger partial charge on any atom is -0.383 e. The van der Waals surface area contributed by atoms with Gasteiger partial charge in [-0.1, -0.05) is 6.07 Å². The highest BCUT2D eigenvalue weighted by Crippen LogP contribution is 2.10. The number of halogens is 1. The third-order valence-corrected chi connectivity index (χ3v) is 4.16. The maximum absolute atomic E-state index is 11.9. The van der Waals surface area contributed by atoms with Crippen LogP contribution in [-0.4, -0.2) is 54.7 Å². The number of carbonyl (C=O) groups is 1. The van der Waals surface area contributed by atoms with E-state index in [0.717, 1.165) is 0 Å². The van der Waals surface area contributed by atoms with E-state index in [2.05, 4.69) is 15.4 Å². The molecule has 1 amide bonds. The predicted molar refractivity (Wildman–Crippen MR) is 87.0 cm³/mol. The number of ether oxygens (including phenoxy) is 1. The lowest BCUT2D eigenvalue weighted by Crippen LogP contribution is -2.33. The summed E-state index contributed by atoms with van der Waals surface area (Å²) in [6.45, 7) is 2.38. The Morgan fingerprint density at radius 3 is 2.59 bits per heavy atom. The Labute approximate surface area is 137 Å². The van der Waals surface area contributed by atoms with Gasteiger partial charge in [-0.2, -0.15) is 0 Å². The van der Waals surface area contributed by atoms with Gasteiger partial charge in [-0.15, -0.1) is 12.4 Å². The zero-order valence-corrected chi connectivity index (χ0v) is 14.2. The van der Waals surface area contributed by atoms with Gasteiger partial charge in [0.25, 0.3) is 5.91 Å². The SMILES string of the molecule is CNS(=O)(=O)c1cccc(C(=O)NCCNCCOC)c1.Cl. The Kier molecular flexibility index (Phi) is 9.95. The summed E-state index contributed by atoms with van der Waals surface area (Å²) >= 11 is 0. The number of sulfonamides is 1. The first-order valence-corrected chi connectivity index (χ1v) is 8.01. The summed E-state index contributed by atoms with van der Waals surface area (Å²) in [7, 11) is -0.598. The van der Waals surface area contributed by atoms with Crippen LogP contribution >= 0.6 is 12.4 Å². The number of rotatable bonds is 9. The van der Waals surface area contributed by atoms with Crippen LogP contribution in [0.3, 0.4) is 0 Å². The average Bonchev–Trinajstić information content (AvgIpc) is 2.50. The molecule has 0 aliphatic rings. The standard InChI is InChI=1S/C13H21N3O4S.ClH/c1-14-21(18,19)12-5-3-4-11(10-12)13(17)16-7-6-15-8-9-20-2;/h3-5,10,14-15H,6-9H2,1-2H3,(H,16,17);1H. The van der Waals surface area contributed by atoms with Crippen molar-refractivity contribution in [2.75, 3.05) is 40.4 Å². The zero-order chi connectivity index (χ0) is 15.7. The van der Waals surface area contributed by atoms with Gasteiger partial charge in [0.2, 0.25) is 10.0 Å². The highest BCUT2D eigenvalue weighted by Gasteiger charge is 2.13. The van der Waals surface area contributed by atoms with Crippen LogP contribution in [0.1, 0.15) is 10.4 Å². The molecule has 1 rings (SSSR count). The Balaban J connectivity index is 0.00000441. The van der Waals surface area contributed by atoms with E-state index < -0.39 is 10.0 Å². The van der Waals surface area contributed by atoms with Gasteiger partial charge < -0.3 is 15.4 Å². The van der Waals surface area contributed by atoms with Crippen molar-refractivity contribution in [3.05, 3.63) is 29.8 Å². The molecule has 0 saturated heterocycles. The topological polar surface area (TPSA) is 96.5 Å². The van der Waals surface area contributed by atoms with E-state index >= 15 is 0 Å². The van der Waals surface area contributed by atoms with Gasteiger partial charge >= 0.3 is 0 Å². The average molecular weight is 352 g/mol. The molecule has 1 aromatic rings. The molecular weight excluding hydrogens is 330 g/mol. The van der Waals surface area contributed by atoms with Gasteiger partial charge in [0.15, 0.2) is 0 Å². The summed E-state index contributed by atoms with van der Waals surface area (Å²) < 4.78 is 30.4. The van der Waals surface area contributed by atoms with E-state index in [0.29, 0.717) is 31.8 Å². The maximum Gasteiger partial charge on any atom is 0.251 e. The lowest BCUT2D eigenvalue weighted by atomic mass is 10.2. The molecule has 126 valence electrons. The van der Waals surface area contributed by atoms with Gasteiger partial charge in [-0.3, -0.25) is 4.79 Å². The van der Waals surface area contributed by atoms with Crippen LogP contribution in [0.15, 0.2) is 29.2 Å². The second kappa shape index (κ2) is 10.5. The Morgan fingerprint density at radius 2 is 1.95 bits per heavy atom. The number of benzene rings is 1. The molecule has 0 saturated carbocycles. The van der Waals surface area contributed by atoms with Crippen molar-refractivity contribution in [3.8, 4) is 0 Å². The smallest absolute Gasteiger partial charge is 0.251 e. The van der Waals surface area contributed by atoms with E-state index in [1.165, 1.54) is 25.2 Å². The summed E-state index contributed by atoms with van der Waals surface area (Å²) in [6.07, 6.45) is 0. The Morgan fingerprint density at radius 1 is 1.23 bits per heavy atom. The quantitative estimate of drug-likeness (QED) is 0.543. The number of hydrogen-bond donors (Lipinski definition) is 3. The molecule has 0 bridgehead atoms. The second-order valence-corrected chi connectivity index (χ2v) is 6.12. The number of carbonyl (C=O) groups excluding carboxylic acids is 1. The minimum atomic E-state index is -3.55. The minimum absolute atomic E-state index is 0. The fourth-order valence-electron chi connectivity index (χ4n) is 1.59. The molecule has 0 aromatic heterocycles. The lowest BCUT2D eigenvalue weighted by molar-refractivity contribution is 0.0953. The van der Waals surface area contributed by atoms with Crippen molar-refractivity contribution in [3.63, 3.8) is 0 Å². The Bertz CT molecular complexity index is 566. The first-order valence-electron chi connectivity index (χ1n) is 6.52. The molecule has 22 heavy (non-hydrogen) atoms. The van der Waals surface area contributed by atoms with Gasteiger partial charge in [-0.05, 0) is 25.2 Å². The largest absolute Gasteiger partial charge is 0.383 e. The molecule has 0 radical (unpaired) electrons. The first-order chi connectivity index (χ1) is 10.0. The number of methoxy groups -OCH3 is 1. The van der Waals surface area contributed by atoms with Gasteiger partial charge in [0.1, 0.15) is 0 Å². The van der Waals surface area contributed by atoms with Crippen LogP contribution < -0.4 is 15.4 Å². The molecule has 0 spiro atoms. The van der Waals surface area contributed by atoms with Crippen molar-refractivity contribution in [2.24, 2.45) is 0 Å². The third kappa shape index (κ3) is 6.71. The molecule has 3 N–H and O–H groups in total. The normalized spacial score (nSPS) is 10.8. The fourth-order valence-corrected chi connectivity index (χ4v) is 2.36. The predicted octanol–water partition coefficient (Wildman–Crippen LogP) is -0.0177. The highest BCUT2D eigenvalue weighted by molar-refractivity contribution is 7.89. The zero-order valence-electron chi connectivity index (χ0n) is 12.6.